The van der Waals surface area contributed by atoms with Crippen LogP contribution in [0.5, 0.6) is 5.75 Å². The molecule has 0 spiro atoms. The zero-order valence-corrected chi connectivity index (χ0v) is 16.4. The van der Waals surface area contributed by atoms with Crippen LogP contribution >= 0.6 is 0 Å². The van der Waals surface area contributed by atoms with Crippen molar-refractivity contribution in [2.75, 3.05) is 30.4 Å². The van der Waals surface area contributed by atoms with Crippen molar-refractivity contribution in [1.29, 1.82) is 0 Å². The zero-order valence-electron chi connectivity index (χ0n) is 16.4. The van der Waals surface area contributed by atoms with Crippen LogP contribution in [-0.4, -0.2) is 36.1 Å². The van der Waals surface area contributed by atoms with Crippen LogP contribution in [0, 0.1) is 5.92 Å². The summed E-state index contributed by atoms with van der Waals surface area (Å²) in [6.45, 7) is 1.47. The smallest absolute Gasteiger partial charge is 0.229 e. The predicted octanol–water partition coefficient (Wildman–Crippen LogP) is 4.01. The van der Waals surface area contributed by atoms with Gasteiger partial charge in [0.05, 0.1) is 13.0 Å². The van der Waals surface area contributed by atoms with Crippen molar-refractivity contribution in [1.82, 2.24) is 9.97 Å². The molecule has 1 atom stereocenters. The Morgan fingerprint density at radius 2 is 1.86 bits per heavy atom. The van der Waals surface area contributed by atoms with Crippen molar-refractivity contribution in [3.8, 4) is 16.9 Å². The number of nitrogens with one attached hydrogen (secondary N) is 1. The normalized spacial score (nSPS) is 16.3. The second-order valence-electron chi connectivity index (χ2n) is 7.14. The number of aromatic nitrogens is 2. The van der Waals surface area contributed by atoms with E-state index in [1.807, 2.05) is 67.0 Å². The first-order valence-corrected chi connectivity index (χ1v) is 9.80. The molecule has 1 fully saturated rings. The number of hydrogen-bond donors (Lipinski definition) is 1. The number of rotatable bonds is 5. The molecule has 0 saturated carbocycles. The summed E-state index contributed by atoms with van der Waals surface area (Å²) in [5.41, 5.74) is 2.82. The van der Waals surface area contributed by atoms with E-state index in [9.17, 15) is 4.79 Å². The summed E-state index contributed by atoms with van der Waals surface area (Å²) in [5.74, 6) is 1.31. The Hall–Kier alpha value is -3.41. The van der Waals surface area contributed by atoms with Gasteiger partial charge in [0.2, 0.25) is 11.9 Å². The summed E-state index contributed by atoms with van der Waals surface area (Å²) >= 11 is 0. The minimum absolute atomic E-state index is 0.0175. The number of nitrogens with zero attached hydrogens (tertiary/aromatic N) is 3. The van der Waals surface area contributed by atoms with E-state index in [1.54, 1.807) is 7.11 Å². The molecule has 6 nitrogen and oxygen atoms in total. The average Bonchev–Trinajstić information content (AvgIpc) is 2.80. The quantitative estimate of drug-likeness (QED) is 0.715. The number of piperidine rings is 1. The molecule has 0 bridgehead atoms. The number of ether oxygens (including phenoxy) is 1. The topological polar surface area (TPSA) is 67.3 Å². The van der Waals surface area contributed by atoms with Gasteiger partial charge < -0.3 is 15.0 Å². The SMILES string of the molecule is COc1cccc(NC(=O)[C@H]2CCCN(c3ncc(-c4ccccc4)cn3)C2)c1. The molecule has 4 rings (SSSR count). The summed E-state index contributed by atoms with van der Waals surface area (Å²) in [6, 6.07) is 17.5. The van der Waals surface area contributed by atoms with Gasteiger partial charge in [-0.15, -0.1) is 0 Å². The van der Waals surface area contributed by atoms with E-state index in [2.05, 4.69) is 20.2 Å². The first-order valence-electron chi connectivity index (χ1n) is 9.80. The van der Waals surface area contributed by atoms with Gasteiger partial charge in [-0.25, -0.2) is 9.97 Å². The predicted molar refractivity (Wildman–Crippen MR) is 114 cm³/mol. The number of hydrogen-bond acceptors (Lipinski definition) is 5. The maximum atomic E-state index is 12.8. The minimum atomic E-state index is -0.104. The van der Waals surface area contributed by atoms with Crippen LogP contribution in [0.1, 0.15) is 12.8 Å². The van der Waals surface area contributed by atoms with Gasteiger partial charge in [0, 0.05) is 42.8 Å². The number of methoxy groups -OCH3 is 1. The van der Waals surface area contributed by atoms with Gasteiger partial charge in [-0.3, -0.25) is 4.79 Å². The molecule has 2 heterocycles. The number of amides is 1. The number of carbonyl (C=O) groups excluding carboxylic acids is 1. The average molecular weight is 388 g/mol. The second-order valence-corrected chi connectivity index (χ2v) is 7.14. The summed E-state index contributed by atoms with van der Waals surface area (Å²) in [6.07, 6.45) is 5.48. The summed E-state index contributed by atoms with van der Waals surface area (Å²) < 4.78 is 5.22. The minimum Gasteiger partial charge on any atom is -0.497 e. The molecule has 1 aliphatic rings. The van der Waals surface area contributed by atoms with Crippen molar-refractivity contribution in [2.45, 2.75) is 12.8 Å². The van der Waals surface area contributed by atoms with Crippen LogP contribution in [0.15, 0.2) is 67.0 Å². The number of carbonyl (C=O) groups is 1. The molecule has 0 aliphatic carbocycles. The van der Waals surface area contributed by atoms with Gasteiger partial charge >= 0.3 is 0 Å². The molecule has 0 unspecified atom stereocenters. The van der Waals surface area contributed by atoms with E-state index in [-0.39, 0.29) is 11.8 Å². The largest absolute Gasteiger partial charge is 0.497 e. The third-order valence-electron chi connectivity index (χ3n) is 5.16. The summed E-state index contributed by atoms with van der Waals surface area (Å²) in [5, 5.41) is 3.00. The Morgan fingerprint density at radius 1 is 1.07 bits per heavy atom. The Kier molecular flexibility index (Phi) is 5.70. The third kappa shape index (κ3) is 4.54. The standard InChI is InChI=1S/C23H24N4O2/c1-29-21-11-5-10-20(13-21)26-22(28)18-9-6-12-27(16-18)23-24-14-19(15-25-23)17-7-3-2-4-8-17/h2-5,7-8,10-11,13-15,18H,6,9,12,16H2,1H3,(H,26,28)/t18-/m0/s1. The highest BCUT2D eigenvalue weighted by Crippen LogP contribution is 2.24. The van der Waals surface area contributed by atoms with Crippen molar-refractivity contribution in [3.63, 3.8) is 0 Å². The molecule has 1 amide bonds. The highest BCUT2D eigenvalue weighted by Gasteiger charge is 2.27. The van der Waals surface area contributed by atoms with Crippen LogP contribution in [0.4, 0.5) is 11.6 Å². The van der Waals surface area contributed by atoms with Gasteiger partial charge in [-0.2, -0.15) is 0 Å². The zero-order chi connectivity index (χ0) is 20.1. The molecule has 1 N–H and O–H groups in total. The summed E-state index contributed by atoms with van der Waals surface area (Å²) in [7, 11) is 1.61. The molecule has 2 aromatic carbocycles. The molecule has 1 saturated heterocycles. The van der Waals surface area contributed by atoms with Crippen LogP contribution < -0.4 is 15.0 Å². The van der Waals surface area contributed by atoms with Crippen LogP contribution in [0.25, 0.3) is 11.1 Å². The fourth-order valence-electron chi connectivity index (χ4n) is 3.58. The van der Waals surface area contributed by atoms with Crippen LogP contribution in [0.3, 0.4) is 0 Å². The van der Waals surface area contributed by atoms with Gasteiger partial charge in [0.1, 0.15) is 5.75 Å². The van der Waals surface area contributed by atoms with Gasteiger partial charge in [0.15, 0.2) is 0 Å². The highest BCUT2D eigenvalue weighted by atomic mass is 16.5. The molecule has 3 aromatic rings. The van der Waals surface area contributed by atoms with Crippen molar-refractivity contribution in [2.24, 2.45) is 5.92 Å². The van der Waals surface area contributed by atoms with Crippen molar-refractivity contribution < 1.29 is 9.53 Å². The maximum Gasteiger partial charge on any atom is 0.229 e. The first kappa shape index (κ1) is 18.9. The molecule has 29 heavy (non-hydrogen) atoms. The molecule has 148 valence electrons. The van der Waals surface area contributed by atoms with Crippen molar-refractivity contribution in [3.05, 3.63) is 67.0 Å². The lowest BCUT2D eigenvalue weighted by molar-refractivity contribution is -0.120. The van der Waals surface area contributed by atoms with E-state index in [1.165, 1.54) is 0 Å². The fraction of sp³-hybridized carbons (Fsp3) is 0.261. The molecule has 1 aliphatic heterocycles. The molecular weight excluding hydrogens is 364 g/mol. The lowest BCUT2D eigenvalue weighted by atomic mass is 9.97. The monoisotopic (exact) mass is 388 g/mol. The lowest BCUT2D eigenvalue weighted by Gasteiger charge is -2.32. The van der Waals surface area contributed by atoms with Crippen LogP contribution in [-0.2, 0) is 4.79 Å². The Bertz CT molecular complexity index is 960. The van der Waals surface area contributed by atoms with Crippen molar-refractivity contribution >= 4 is 17.5 Å². The van der Waals surface area contributed by atoms with E-state index >= 15 is 0 Å². The number of anilines is 2. The van der Waals surface area contributed by atoms with Crippen LogP contribution in [0.2, 0.25) is 0 Å². The van der Waals surface area contributed by atoms with Gasteiger partial charge in [-0.1, -0.05) is 36.4 Å². The third-order valence-corrected chi connectivity index (χ3v) is 5.16. The van der Waals surface area contributed by atoms with E-state index < -0.39 is 0 Å². The van der Waals surface area contributed by atoms with E-state index in [4.69, 9.17) is 4.74 Å². The van der Waals surface area contributed by atoms with Gasteiger partial charge in [0.25, 0.3) is 0 Å². The number of benzene rings is 2. The Morgan fingerprint density at radius 3 is 2.62 bits per heavy atom. The Labute approximate surface area is 170 Å². The van der Waals surface area contributed by atoms with Gasteiger partial charge in [-0.05, 0) is 30.5 Å². The lowest BCUT2D eigenvalue weighted by Crippen LogP contribution is -2.41. The fourth-order valence-corrected chi connectivity index (χ4v) is 3.58. The van der Waals surface area contributed by atoms with E-state index in [0.29, 0.717) is 12.5 Å². The molecule has 6 heteroatoms. The second kappa shape index (κ2) is 8.73. The Balaban J connectivity index is 1.42. The summed E-state index contributed by atoms with van der Waals surface area (Å²) in [4.78, 5) is 23.9. The molecule has 1 aromatic heterocycles. The maximum absolute atomic E-state index is 12.8. The van der Waals surface area contributed by atoms with E-state index in [0.717, 1.165) is 42.0 Å². The first-order chi connectivity index (χ1) is 14.2. The molecular formula is C23H24N4O2. The highest BCUT2D eigenvalue weighted by molar-refractivity contribution is 5.93. The molecule has 0 radical (unpaired) electrons.